The van der Waals surface area contributed by atoms with Gasteiger partial charge < -0.3 is 9.84 Å². The van der Waals surface area contributed by atoms with Crippen LogP contribution in [0, 0.1) is 6.92 Å². The first kappa shape index (κ1) is 21.4. The minimum Gasteiger partial charge on any atom is -0.504 e. The lowest BCUT2D eigenvalue weighted by molar-refractivity contribution is -0.115. The molecule has 3 aromatic rings. The topological polar surface area (TPSA) is 101 Å². The number of carbonyl (C=O) groups is 1. The standard InChI is InChI=1S/C22H21N5O4S/c1-14-20(21(30)27(25(14)2)16-7-5-4-6-8-16)26-19(29)13-32-22(26)24-23-12-15-9-10-17(28)18(11-15)31-3/h4-12,28H,13H2,1-3H3/b23-12+,24-22+. The molecule has 0 spiro atoms. The smallest absolute Gasteiger partial charge is 0.296 e. The Balaban J connectivity index is 1.71. The van der Waals surface area contributed by atoms with Crippen molar-refractivity contribution in [3.05, 3.63) is 70.1 Å². The highest BCUT2D eigenvalue weighted by molar-refractivity contribution is 8.15. The van der Waals surface area contributed by atoms with E-state index in [-0.39, 0.29) is 28.7 Å². The van der Waals surface area contributed by atoms with E-state index < -0.39 is 0 Å². The molecule has 9 nitrogen and oxygen atoms in total. The fourth-order valence-corrected chi connectivity index (χ4v) is 4.20. The summed E-state index contributed by atoms with van der Waals surface area (Å²) in [6.45, 7) is 1.79. The van der Waals surface area contributed by atoms with Gasteiger partial charge in [0, 0.05) is 7.05 Å². The van der Waals surface area contributed by atoms with E-state index in [1.54, 1.807) is 30.8 Å². The number of rotatable bonds is 5. The van der Waals surface area contributed by atoms with Crippen LogP contribution < -0.4 is 15.2 Å². The van der Waals surface area contributed by atoms with Crippen molar-refractivity contribution in [2.45, 2.75) is 6.92 Å². The number of benzene rings is 2. The number of aromatic nitrogens is 2. The van der Waals surface area contributed by atoms with Crippen LogP contribution in [0.1, 0.15) is 11.3 Å². The van der Waals surface area contributed by atoms with Crippen LogP contribution >= 0.6 is 11.8 Å². The molecule has 1 fully saturated rings. The Labute approximate surface area is 188 Å². The van der Waals surface area contributed by atoms with Crippen LogP contribution in [0.5, 0.6) is 11.5 Å². The Hall–Kier alpha value is -3.79. The van der Waals surface area contributed by atoms with E-state index in [1.807, 2.05) is 30.3 Å². The van der Waals surface area contributed by atoms with E-state index in [9.17, 15) is 14.7 Å². The zero-order valence-electron chi connectivity index (χ0n) is 17.7. The number of carbonyl (C=O) groups excluding carboxylic acids is 1. The molecule has 0 unspecified atom stereocenters. The highest BCUT2D eigenvalue weighted by Crippen LogP contribution is 2.28. The Morgan fingerprint density at radius 1 is 1.16 bits per heavy atom. The zero-order valence-corrected chi connectivity index (χ0v) is 18.5. The number of phenolic OH excluding ortho intramolecular Hbond substituents is 1. The van der Waals surface area contributed by atoms with Gasteiger partial charge in [-0.3, -0.25) is 14.3 Å². The summed E-state index contributed by atoms with van der Waals surface area (Å²) in [6, 6.07) is 14.0. The van der Waals surface area contributed by atoms with Crippen LogP contribution in [0.25, 0.3) is 5.69 Å². The molecule has 1 amide bonds. The lowest BCUT2D eigenvalue weighted by Gasteiger charge is -2.13. The summed E-state index contributed by atoms with van der Waals surface area (Å²) in [5.74, 6) is 0.269. The van der Waals surface area contributed by atoms with Gasteiger partial charge in [0.1, 0.15) is 5.69 Å². The lowest BCUT2D eigenvalue weighted by atomic mass is 10.2. The molecular formula is C22H21N5O4S. The molecule has 2 heterocycles. The van der Waals surface area contributed by atoms with Crippen LogP contribution in [-0.2, 0) is 11.8 Å². The molecule has 1 saturated heterocycles. The largest absolute Gasteiger partial charge is 0.504 e. The number of para-hydroxylation sites is 1. The van der Waals surface area contributed by atoms with Gasteiger partial charge in [-0.1, -0.05) is 30.0 Å². The fourth-order valence-electron chi connectivity index (χ4n) is 3.39. The molecule has 1 aliphatic heterocycles. The molecule has 10 heteroatoms. The summed E-state index contributed by atoms with van der Waals surface area (Å²) in [4.78, 5) is 27.3. The molecule has 32 heavy (non-hydrogen) atoms. The normalized spacial score (nSPS) is 15.3. The Kier molecular flexibility index (Phi) is 5.87. The molecule has 0 radical (unpaired) electrons. The number of thioether (sulfide) groups is 1. The van der Waals surface area contributed by atoms with Gasteiger partial charge in [0.15, 0.2) is 16.7 Å². The molecule has 0 atom stereocenters. The second-order valence-electron chi connectivity index (χ2n) is 6.99. The van der Waals surface area contributed by atoms with E-state index in [0.29, 0.717) is 27.9 Å². The van der Waals surface area contributed by atoms with E-state index in [4.69, 9.17) is 4.74 Å². The number of amidine groups is 1. The number of phenols is 1. The summed E-state index contributed by atoms with van der Waals surface area (Å²) in [7, 11) is 3.23. The number of methoxy groups -OCH3 is 1. The minimum absolute atomic E-state index is 0.0216. The minimum atomic E-state index is -0.313. The van der Waals surface area contributed by atoms with Gasteiger partial charge in [-0.05, 0) is 42.8 Å². The first-order valence-electron chi connectivity index (χ1n) is 9.70. The van der Waals surface area contributed by atoms with Crippen LogP contribution in [0.15, 0.2) is 63.5 Å². The molecular weight excluding hydrogens is 430 g/mol. The van der Waals surface area contributed by atoms with Crippen LogP contribution in [0.4, 0.5) is 5.69 Å². The predicted octanol–water partition coefficient (Wildman–Crippen LogP) is 2.67. The van der Waals surface area contributed by atoms with E-state index in [0.717, 1.165) is 0 Å². The Bertz CT molecular complexity index is 1290. The molecule has 1 aromatic heterocycles. The molecule has 164 valence electrons. The summed E-state index contributed by atoms with van der Waals surface area (Å²) in [5.41, 5.74) is 1.94. The van der Waals surface area contributed by atoms with Crippen molar-refractivity contribution in [1.29, 1.82) is 0 Å². The van der Waals surface area contributed by atoms with Crippen LogP contribution in [-0.4, -0.2) is 44.6 Å². The highest BCUT2D eigenvalue weighted by Gasteiger charge is 2.35. The second kappa shape index (κ2) is 8.75. The monoisotopic (exact) mass is 451 g/mol. The van der Waals surface area contributed by atoms with Crippen LogP contribution in [0.2, 0.25) is 0 Å². The third-order valence-electron chi connectivity index (χ3n) is 5.07. The SMILES string of the molecule is COc1cc(/C=N/N=C2/SCC(=O)N2c2c(C)n(C)n(-c3ccccc3)c2=O)ccc1O. The maximum atomic E-state index is 13.3. The van der Waals surface area contributed by atoms with Crippen molar-refractivity contribution >= 4 is 34.7 Å². The fraction of sp³-hybridized carbons (Fsp3) is 0.182. The molecule has 1 aliphatic rings. The van der Waals surface area contributed by atoms with Gasteiger partial charge in [-0.15, -0.1) is 5.10 Å². The molecule has 0 aliphatic carbocycles. The van der Waals surface area contributed by atoms with Crippen molar-refractivity contribution in [3.8, 4) is 17.2 Å². The third kappa shape index (κ3) is 3.80. The van der Waals surface area contributed by atoms with Gasteiger partial charge >= 0.3 is 0 Å². The lowest BCUT2D eigenvalue weighted by Crippen LogP contribution is -2.34. The number of hydrogen-bond acceptors (Lipinski definition) is 7. The maximum absolute atomic E-state index is 13.3. The van der Waals surface area contributed by atoms with Crippen molar-refractivity contribution in [1.82, 2.24) is 9.36 Å². The predicted molar refractivity (Wildman–Crippen MR) is 125 cm³/mol. The van der Waals surface area contributed by atoms with E-state index in [1.165, 1.54) is 40.7 Å². The number of nitrogens with zero attached hydrogens (tertiary/aromatic N) is 5. The number of hydrogen-bond donors (Lipinski definition) is 1. The number of ether oxygens (including phenoxy) is 1. The first-order chi connectivity index (χ1) is 15.4. The zero-order chi connectivity index (χ0) is 22.8. The van der Waals surface area contributed by atoms with Gasteiger partial charge in [-0.2, -0.15) is 5.10 Å². The summed E-state index contributed by atoms with van der Waals surface area (Å²) in [5, 5.41) is 18.3. The molecule has 2 aromatic carbocycles. The first-order valence-corrected chi connectivity index (χ1v) is 10.7. The third-order valence-corrected chi connectivity index (χ3v) is 5.98. The van der Waals surface area contributed by atoms with Gasteiger partial charge in [0.05, 0.1) is 30.5 Å². The molecule has 0 bridgehead atoms. The van der Waals surface area contributed by atoms with Crippen molar-refractivity contribution in [2.24, 2.45) is 17.3 Å². The average molecular weight is 452 g/mol. The number of aromatic hydroxyl groups is 1. The van der Waals surface area contributed by atoms with Gasteiger partial charge in [0.2, 0.25) is 5.91 Å². The average Bonchev–Trinajstić information content (AvgIpc) is 3.25. The van der Waals surface area contributed by atoms with Crippen molar-refractivity contribution in [2.75, 3.05) is 17.8 Å². The number of anilines is 1. The summed E-state index contributed by atoms with van der Waals surface area (Å²) < 4.78 is 8.32. The van der Waals surface area contributed by atoms with Crippen LogP contribution in [0.3, 0.4) is 0 Å². The van der Waals surface area contributed by atoms with E-state index in [2.05, 4.69) is 10.2 Å². The highest BCUT2D eigenvalue weighted by atomic mass is 32.2. The Morgan fingerprint density at radius 2 is 1.91 bits per heavy atom. The number of amides is 1. The molecule has 1 N–H and O–H groups in total. The van der Waals surface area contributed by atoms with Gasteiger partial charge in [0.25, 0.3) is 5.56 Å². The summed E-state index contributed by atoms with van der Waals surface area (Å²) in [6.07, 6.45) is 1.48. The maximum Gasteiger partial charge on any atom is 0.296 e. The van der Waals surface area contributed by atoms with Gasteiger partial charge in [-0.25, -0.2) is 9.58 Å². The van der Waals surface area contributed by atoms with Crippen molar-refractivity contribution in [3.63, 3.8) is 0 Å². The van der Waals surface area contributed by atoms with Crippen molar-refractivity contribution < 1.29 is 14.6 Å². The second-order valence-corrected chi connectivity index (χ2v) is 7.93. The molecule has 4 rings (SSSR count). The Morgan fingerprint density at radius 3 is 2.62 bits per heavy atom. The van der Waals surface area contributed by atoms with E-state index >= 15 is 0 Å². The quantitative estimate of drug-likeness (QED) is 0.475. The molecule has 0 saturated carbocycles. The summed E-state index contributed by atoms with van der Waals surface area (Å²) >= 11 is 1.22.